The molecule has 1 atom stereocenters. The number of hydrogen-bond donors (Lipinski definition) is 2. The molecule has 0 fully saturated rings. The molecule has 0 radical (unpaired) electrons. The van der Waals surface area contributed by atoms with Gasteiger partial charge in [-0.3, -0.25) is 15.2 Å². The number of nitrogens with one attached hydrogen (secondary N) is 2. The van der Waals surface area contributed by atoms with Crippen LogP contribution in [0.5, 0.6) is 0 Å². The van der Waals surface area contributed by atoms with Crippen molar-refractivity contribution in [1.82, 2.24) is 15.8 Å². The van der Waals surface area contributed by atoms with Gasteiger partial charge in [-0.1, -0.05) is 67.6 Å². The maximum Gasteiger partial charge on any atom is 0.239 e. The smallest absolute Gasteiger partial charge is 0.239 e. The first-order valence-corrected chi connectivity index (χ1v) is 8.37. The second-order valence-electron chi connectivity index (χ2n) is 5.75. The monoisotopic (exact) mass is 341 g/mol. The van der Waals surface area contributed by atoms with Crippen LogP contribution in [0.4, 0.5) is 0 Å². The van der Waals surface area contributed by atoms with Gasteiger partial charge in [0.2, 0.25) is 5.91 Å². The lowest BCUT2D eigenvalue weighted by Gasteiger charge is -2.22. The van der Waals surface area contributed by atoms with Crippen LogP contribution in [0.25, 0.3) is 0 Å². The van der Waals surface area contributed by atoms with Crippen molar-refractivity contribution in [3.63, 3.8) is 0 Å². The predicted octanol–water partition coefficient (Wildman–Crippen LogP) is 3.22. The van der Waals surface area contributed by atoms with E-state index in [2.05, 4.69) is 10.7 Å². The minimum atomic E-state index is -0.0577. The van der Waals surface area contributed by atoms with Gasteiger partial charge in [0.25, 0.3) is 0 Å². The summed E-state index contributed by atoms with van der Waals surface area (Å²) < 4.78 is 0. The highest BCUT2D eigenvalue weighted by molar-refractivity contribution is 7.80. The summed E-state index contributed by atoms with van der Waals surface area (Å²) in [6, 6.07) is 20.0. The zero-order chi connectivity index (χ0) is 17.4. The van der Waals surface area contributed by atoms with Crippen LogP contribution < -0.4 is 10.7 Å². The van der Waals surface area contributed by atoms with Crippen LogP contribution in [0.1, 0.15) is 30.4 Å². The zero-order valence-corrected chi connectivity index (χ0v) is 14.8. The summed E-state index contributed by atoms with van der Waals surface area (Å²) in [5.74, 6) is 0.100. The van der Waals surface area contributed by atoms with Gasteiger partial charge in [0.1, 0.15) is 0 Å². The van der Waals surface area contributed by atoms with Crippen LogP contribution in [-0.4, -0.2) is 23.1 Å². The molecular formula is C19H23N3OS. The van der Waals surface area contributed by atoms with Crippen molar-refractivity contribution in [2.75, 3.05) is 7.05 Å². The Bertz CT molecular complexity index is 661. The summed E-state index contributed by atoms with van der Waals surface area (Å²) >= 11 is 5.30. The Labute approximate surface area is 148 Å². The number of carbonyl (C=O) groups is 1. The second kappa shape index (κ2) is 9.03. The molecule has 0 aromatic heterocycles. The number of carbonyl (C=O) groups excluding carboxylic acids is 1. The topological polar surface area (TPSA) is 44.4 Å². The fourth-order valence-electron chi connectivity index (χ4n) is 2.35. The van der Waals surface area contributed by atoms with Crippen molar-refractivity contribution >= 4 is 23.2 Å². The summed E-state index contributed by atoms with van der Waals surface area (Å²) in [6.45, 7) is 2.67. The Morgan fingerprint density at radius 1 is 1.08 bits per heavy atom. The van der Waals surface area contributed by atoms with Gasteiger partial charge in [0.15, 0.2) is 5.11 Å². The highest BCUT2D eigenvalue weighted by Crippen LogP contribution is 2.18. The van der Waals surface area contributed by atoms with E-state index in [1.807, 2.05) is 67.6 Å². The molecule has 4 nitrogen and oxygen atoms in total. The van der Waals surface area contributed by atoms with Crippen molar-refractivity contribution in [3.8, 4) is 0 Å². The van der Waals surface area contributed by atoms with Gasteiger partial charge in [-0.2, -0.15) is 0 Å². The molecule has 5 heteroatoms. The molecule has 0 unspecified atom stereocenters. The average molecular weight is 341 g/mol. The van der Waals surface area contributed by atoms with E-state index in [-0.39, 0.29) is 11.8 Å². The first kappa shape index (κ1) is 17.9. The summed E-state index contributed by atoms with van der Waals surface area (Å²) in [7, 11) is 1.74. The Hall–Kier alpha value is -2.40. The zero-order valence-electron chi connectivity index (χ0n) is 14.0. The van der Waals surface area contributed by atoms with Gasteiger partial charge in [0.05, 0.1) is 0 Å². The summed E-state index contributed by atoms with van der Waals surface area (Å²) in [5.41, 5.74) is 5.10. The van der Waals surface area contributed by atoms with Crippen molar-refractivity contribution < 1.29 is 4.79 Å². The van der Waals surface area contributed by atoms with Gasteiger partial charge in [-0.15, -0.1) is 0 Å². The van der Waals surface area contributed by atoms with E-state index in [9.17, 15) is 4.79 Å². The molecule has 0 heterocycles. The number of rotatable bonds is 5. The molecule has 0 aliphatic heterocycles. The molecule has 2 aromatic rings. The maximum atomic E-state index is 12.2. The largest absolute Gasteiger partial charge is 0.357 e. The number of amides is 1. The summed E-state index contributed by atoms with van der Waals surface area (Å²) in [5, 5.41) is 5.17. The fraction of sp³-hybridized carbons (Fsp3) is 0.263. The van der Waals surface area contributed by atoms with E-state index >= 15 is 0 Å². The van der Waals surface area contributed by atoms with E-state index in [1.165, 1.54) is 0 Å². The van der Waals surface area contributed by atoms with Crippen LogP contribution in [-0.2, 0) is 11.3 Å². The minimum Gasteiger partial charge on any atom is -0.357 e. The van der Waals surface area contributed by atoms with Crippen LogP contribution in [0.3, 0.4) is 0 Å². The number of thiocarbonyl (C=S) groups is 1. The van der Waals surface area contributed by atoms with Gasteiger partial charge in [-0.05, 0) is 29.3 Å². The van der Waals surface area contributed by atoms with Crippen molar-refractivity contribution in [3.05, 3.63) is 71.8 Å². The van der Waals surface area contributed by atoms with E-state index in [0.717, 1.165) is 11.1 Å². The maximum absolute atomic E-state index is 12.2. The first-order chi connectivity index (χ1) is 11.6. The molecule has 0 aliphatic carbocycles. The molecule has 0 bridgehead atoms. The van der Waals surface area contributed by atoms with Crippen molar-refractivity contribution in [1.29, 1.82) is 0 Å². The third kappa shape index (κ3) is 5.66. The third-order valence-electron chi connectivity index (χ3n) is 3.74. The molecule has 24 heavy (non-hydrogen) atoms. The first-order valence-electron chi connectivity index (χ1n) is 7.96. The Kier molecular flexibility index (Phi) is 6.75. The van der Waals surface area contributed by atoms with Crippen molar-refractivity contribution in [2.24, 2.45) is 0 Å². The lowest BCUT2D eigenvalue weighted by molar-refractivity contribution is -0.124. The summed E-state index contributed by atoms with van der Waals surface area (Å²) in [4.78, 5) is 12.2. The van der Waals surface area contributed by atoms with Crippen LogP contribution >= 0.6 is 12.2 Å². The highest BCUT2D eigenvalue weighted by Gasteiger charge is 2.13. The molecule has 2 rings (SSSR count). The molecule has 0 saturated carbocycles. The van der Waals surface area contributed by atoms with E-state index in [0.29, 0.717) is 18.1 Å². The van der Waals surface area contributed by atoms with Gasteiger partial charge in [-0.25, -0.2) is 0 Å². The standard InChI is InChI=1S/C19H23N3OS/c1-15(17-11-7-4-8-12-17)13-18(23)21-22(2)19(24)20-14-16-9-5-3-6-10-16/h3-12,15H,13-14H2,1-2H3,(H,20,24)(H,21,23)/t15-/m1/s1. The minimum absolute atomic E-state index is 0.0577. The average Bonchev–Trinajstić information content (AvgIpc) is 2.61. The lowest BCUT2D eigenvalue weighted by Crippen LogP contribution is -2.48. The Morgan fingerprint density at radius 3 is 2.29 bits per heavy atom. The quantitative estimate of drug-likeness (QED) is 0.647. The number of benzene rings is 2. The number of nitrogens with zero attached hydrogens (tertiary/aromatic N) is 1. The molecule has 0 aliphatic rings. The van der Waals surface area contributed by atoms with Gasteiger partial charge in [0, 0.05) is 20.0 Å². The van der Waals surface area contributed by atoms with E-state index in [4.69, 9.17) is 12.2 Å². The molecule has 1 amide bonds. The summed E-state index contributed by atoms with van der Waals surface area (Å²) in [6.07, 6.45) is 0.412. The van der Waals surface area contributed by atoms with Crippen molar-refractivity contribution in [2.45, 2.75) is 25.8 Å². The fourth-order valence-corrected chi connectivity index (χ4v) is 2.47. The third-order valence-corrected chi connectivity index (χ3v) is 4.16. The SMILES string of the molecule is C[C@H](CC(=O)NN(C)C(=S)NCc1ccccc1)c1ccccc1. The number of hydrogen-bond acceptors (Lipinski definition) is 2. The molecule has 126 valence electrons. The molecule has 2 aromatic carbocycles. The van der Waals surface area contributed by atoms with Crippen LogP contribution in [0.2, 0.25) is 0 Å². The predicted molar refractivity (Wildman–Crippen MR) is 101 cm³/mol. The highest BCUT2D eigenvalue weighted by atomic mass is 32.1. The van der Waals surface area contributed by atoms with E-state index in [1.54, 1.807) is 12.1 Å². The Balaban J connectivity index is 1.77. The van der Waals surface area contributed by atoms with Gasteiger partial charge >= 0.3 is 0 Å². The van der Waals surface area contributed by atoms with Crippen LogP contribution in [0, 0.1) is 0 Å². The molecule has 0 spiro atoms. The second-order valence-corrected chi connectivity index (χ2v) is 6.14. The normalized spacial score (nSPS) is 11.4. The van der Waals surface area contributed by atoms with E-state index < -0.39 is 0 Å². The molecule has 2 N–H and O–H groups in total. The number of hydrazine groups is 1. The lowest BCUT2D eigenvalue weighted by atomic mass is 9.98. The molecule has 0 saturated heterocycles. The van der Waals surface area contributed by atoms with Crippen LogP contribution in [0.15, 0.2) is 60.7 Å². The Morgan fingerprint density at radius 2 is 1.67 bits per heavy atom. The van der Waals surface area contributed by atoms with Gasteiger partial charge < -0.3 is 5.32 Å². The molecular weight excluding hydrogens is 318 g/mol.